The summed E-state index contributed by atoms with van der Waals surface area (Å²) in [6.07, 6.45) is 5.64. The number of rotatable bonds is 10. The van der Waals surface area contributed by atoms with Crippen LogP contribution in [0.15, 0.2) is 78.0 Å². The molecule has 252 valence electrons. The number of piperidine rings is 1. The molecule has 4 atom stereocenters. The lowest BCUT2D eigenvalue weighted by molar-refractivity contribution is -0.144. The molecule has 3 heterocycles. The molecule has 8 heteroatoms. The number of hydrogen-bond acceptors (Lipinski definition) is 7. The summed E-state index contributed by atoms with van der Waals surface area (Å²) in [5.41, 5.74) is 7.06. The highest BCUT2D eigenvalue weighted by molar-refractivity contribution is 6.06. The summed E-state index contributed by atoms with van der Waals surface area (Å²) in [6.45, 7) is 7.84. The quantitative estimate of drug-likeness (QED) is 0.191. The molecule has 0 saturated carbocycles. The number of aliphatic hydroxyl groups excluding tert-OH is 2. The van der Waals surface area contributed by atoms with Crippen molar-refractivity contribution in [2.45, 2.75) is 71.6 Å². The van der Waals surface area contributed by atoms with E-state index in [4.69, 9.17) is 0 Å². The highest BCUT2D eigenvalue weighted by Gasteiger charge is 2.56. The van der Waals surface area contributed by atoms with Crippen LogP contribution in [-0.2, 0) is 16.1 Å². The van der Waals surface area contributed by atoms with Gasteiger partial charge in [0.1, 0.15) is 5.75 Å². The fourth-order valence-electron chi connectivity index (χ4n) is 8.23. The molecule has 3 aromatic rings. The molecule has 0 spiro atoms. The number of nitrogens with zero attached hydrogens (tertiary/aromatic N) is 3. The van der Waals surface area contributed by atoms with Gasteiger partial charge in [-0.15, -0.1) is 0 Å². The normalized spacial score (nSPS) is 23.1. The highest BCUT2D eigenvalue weighted by Crippen LogP contribution is 2.47. The number of carbonyl (C=O) groups is 2. The number of amides is 2. The number of aliphatic hydroxyl groups is 2. The molecule has 48 heavy (non-hydrogen) atoms. The second-order valence-electron chi connectivity index (χ2n) is 13.8. The molecule has 6 rings (SSSR count). The van der Waals surface area contributed by atoms with Gasteiger partial charge in [0.05, 0.1) is 30.2 Å². The van der Waals surface area contributed by atoms with Crippen molar-refractivity contribution in [1.29, 1.82) is 0 Å². The van der Waals surface area contributed by atoms with Gasteiger partial charge in [0.2, 0.25) is 11.8 Å². The summed E-state index contributed by atoms with van der Waals surface area (Å²) in [6, 6.07) is 19.8. The third-order valence-electron chi connectivity index (χ3n) is 10.6. The zero-order valence-corrected chi connectivity index (χ0v) is 28.2. The van der Waals surface area contributed by atoms with E-state index in [1.54, 1.807) is 6.20 Å². The average Bonchev–Trinajstić information content (AvgIpc) is 3.34. The minimum atomic E-state index is -0.892. The average molecular weight is 650 g/mol. The fourth-order valence-corrected chi connectivity index (χ4v) is 8.23. The molecule has 8 nitrogen and oxygen atoms in total. The molecule has 3 N–H and O–H groups in total. The first-order valence-electron chi connectivity index (χ1n) is 17.2. The van der Waals surface area contributed by atoms with E-state index in [9.17, 15) is 24.9 Å². The second kappa shape index (κ2) is 14.6. The lowest BCUT2D eigenvalue weighted by Gasteiger charge is -2.36. The molecule has 0 unspecified atom stereocenters. The van der Waals surface area contributed by atoms with Gasteiger partial charge in [0.25, 0.3) is 0 Å². The van der Waals surface area contributed by atoms with Crippen molar-refractivity contribution in [2.24, 2.45) is 17.8 Å². The number of aromatic nitrogens is 1. The molecular weight excluding hydrogens is 602 g/mol. The molecular formula is C40H47N3O5. The lowest BCUT2D eigenvalue weighted by atomic mass is 9.68. The van der Waals surface area contributed by atoms with E-state index < -0.39 is 23.9 Å². The largest absolute Gasteiger partial charge is 0.507 e. The van der Waals surface area contributed by atoms with Gasteiger partial charge < -0.3 is 15.3 Å². The first-order valence-corrected chi connectivity index (χ1v) is 17.2. The zero-order chi connectivity index (χ0) is 33.9. The Balaban J connectivity index is 1.17. The molecule has 2 saturated heterocycles. The van der Waals surface area contributed by atoms with Crippen LogP contribution in [0.1, 0.15) is 67.0 Å². The Morgan fingerprint density at radius 3 is 2.31 bits per heavy atom. The van der Waals surface area contributed by atoms with Crippen LogP contribution in [0.5, 0.6) is 5.75 Å². The van der Waals surface area contributed by atoms with E-state index in [-0.39, 0.29) is 30.2 Å². The zero-order valence-electron chi connectivity index (χ0n) is 28.2. The molecule has 3 aliphatic rings. The molecule has 2 amide bonds. The van der Waals surface area contributed by atoms with Crippen LogP contribution in [0.4, 0.5) is 0 Å². The Bertz CT molecular complexity index is 1670. The number of likely N-dealkylation sites (tertiary alicyclic amines) is 2. The summed E-state index contributed by atoms with van der Waals surface area (Å²) >= 11 is 0. The number of carbonyl (C=O) groups excluding carboxylic acids is 2. The van der Waals surface area contributed by atoms with Crippen molar-refractivity contribution in [3.63, 3.8) is 0 Å². The predicted molar refractivity (Wildman–Crippen MR) is 186 cm³/mol. The minimum absolute atomic E-state index is 0.127. The van der Waals surface area contributed by atoms with E-state index in [1.165, 1.54) is 10.5 Å². The number of benzene rings is 2. The van der Waals surface area contributed by atoms with Crippen molar-refractivity contribution >= 4 is 23.5 Å². The van der Waals surface area contributed by atoms with E-state index in [0.717, 1.165) is 66.0 Å². The number of phenolic OH excluding ortho intramolecular Hbond substituents is 1. The van der Waals surface area contributed by atoms with E-state index in [0.29, 0.717) is 24.8 Å². The Morgan fingerprint density at radius 2 is 1.67 bits per heavy atom. The van der Waals surface area contributed by atoms with Crippen molar-refractivity contribution in [2.75, 3.05) is 19.7 Å². The maximum atomic E-state index is 14.0. The monoisotopic (exact) mass is 649 g/mol. The third-order valence-corrected chi connectivity index (χ3v) is 10.6. The van der Waals surface area contributed by atoms with Gasteiger partial charge in [-0.05, 0) is 117 Å². The van der Waals surface area contributed by atoms with Gasteiger partial charge in [0, 0.05) is 37.8 Å². The van der Waals surface area contributed by atoms with Crippen molar-refractivity contribution in [3.8, 4) is 5.75 Å². The Morgan fingerprint density at radius 1 is 0.979 bits per heavy atom. The van der Waals surface area contributed by atoms with Gasteiger partial charge in [0.15, 0.2) is 0 Å². The van der Waals surface area contributed by atoms with Gasteiger partial charge in [-0.25, -0.2) is 0 Å². The van der Waals surface area contributed by atoms with Crippen molar-refractivity contribution < 1.29 is 24.9 Å². The summed E-state index contributed by atoms with van der Waals surface area (Å²) < 4.78 is 0. The van der Waals surface area contributed by atoms with Crippen LogP contribution in [0.3, 0.4) is 0 Å². The van der Waals surface area contributed by atoms with Crippen molar-refractivity contribution in [3.05, 3.63) is 106 Å². The number of imide groups is 1. The molecule has 2 aromatic carbocycles. The second-order valence-corrected chi connectivity index (χ2v) is 13.8. The first-order chi connectivity index (χ1) is 23.2. The van der Waals surface area contributed by atoms with Crippen LogP contribution in [0.2, 0.25) is 0 Å². The molecule has 1 aromatic heterocycles. The highest BCUT2D eigenvalue weighted by atomic mass is 16.3. The fraction of sp³-hybridized carbons (Fsp3) is 0.425. The Labute approximate surface area is 283 Å². The van der Waals surface area contributed by atoms with E-state index in [2.05, 4.69) is 22.0 Å². The van der Waals surface area contributed by atoms with Crippen LogP contribution in [0, 0.1) is 31.6 Å². The minimum Gasteiger partial charge on any atom is -0.507 e. The van der Waals surface area contributed by atoms with Crippen LogP contribution < -0.4 is 0 Å². The summed E-state index contributed by atoms with van der Waals surface area (Å²) in [5.74, 6) is -1.82. The summed E-state index contributed by atoms with van der Waals surface area (Å²) in [4.78, 5) is 36.3. The standard InChI is InChI=1S/C40H47N3O5/c1-25-21-32-37(40(48)43(39(32)47)31-14-17-42(18-15-31)23-28-9-5-4-6-10-28)33(24-44)36(25)35(45)13-12-30(34-11-7-8-16-41-34)22-29-19-26(2)38(46)27(3)20-29/h4-11,16,19-20,22,31-33,35,37,44-46H,12-15,17-18,21,23-24H2,1-3H3/b30-22-/t32-,33+,35-,37-/m1/s1. The van der Waals surface area contributed by atoms with E-state index >= 15 is 0 Å². The third kappa shape index (κ3) is 6.88. The molecule has 0 radical (unpaired) electrons. The Hall–Kier alpha value is -4.11. The van der Waals surface area contributed by atoms with Gasteiger partial charge in [-0.1, -0.05) is 42.0 Å². The number of aryl methyl sites for hydroxylation is 2. The number of phenols is 1. The predicted octanol–water partition coefficient (Wildman–Crippen LogP) is 5.68. The van der Waals surface area contributed by atoms with Gasteiger partial charge in [-0.3, -0.25) is 24.4 Å². The number of allylic oxidation sites excluding steroid dienone is 2. The lowest BCUT2D eigenvalue weighted by Crippen LogP contribution is -2.47. The van der Waals surface area contributed by atoms with Crippen LogP contribution in [-0.4, -0.2) is 73.8 Å². The van der Waals surface area contributed by atoms with E-state index in [1.807, 2.05) is 75.4 Å². The number of fused-ring (bicyclic) bond motifs is 1. The smallest absolute Gasteiger partial charge is 0.234 e. The maximum absolute atomic E-state index is 14.0. The number of pyridine rings is 1. The Kier molecular flexibility index (Phi) is 10.2. The number of aromatic hydroxyl groups is 1. The summed E-state index contributed by atoms with van der Waals surface area (Å²) in [5, 5.41) is 32.7. The van der Waals surface area contributed by atoms with Crippen molar-refractivity contribution in [1.82, 2.24) is 14.8 Å². The van der Waals surface area contributed by atoms with Gasteiger partial charge in [-0.2, -0.15) is 0 Å². The molecule has 2 fully saturated rings. The topological polar surface area (TPSA) is 114 Å². The molecule has 0 bridgehead atoms. The maximum Gasteiger partial charge on any atom is 0.234 e. The van der Waals surface area contributed by atoms with Crippen LogP contribution in [0.25, 0.3) is 11.6 Å². The summed E-state index contributed by atoms with van der Waals surface area (Å²) in [7, 11) is 0. The SMILES string of the molecule is CC1=C([C@H](O)CC/C(=C/c2cc(C)c(O)c(C)c2)c2ccccn2)[C@H](CO)[C@@H]2C(=O)N(C3CCN(Cc4ccccc4)CC3)C(=O)[C@@H]2C1. The number of hydrogen-bond donors (Lipinski definition) is 3. The van der Waals surface area contributed by atoms with Crippen LogP contribution >= 0.6 is 0 Å². The molecule has 1 aliphatic carbocycles. The van der Waals surface area contributed by atoms with Gasteiger partial charge >= 0.3 is 0 Å². The molecule has 2 aliphatic heterocycles. The first kappa shape index (κ1) is 33.8.